The quantitative estimate of drug-likeness (QED) is 0.558. The zero-order valence-electron chi connectivity index (χ0n) is 17.3. The summed E-state index contributed by atoms with van der Waals surface area (Å²) in [6, 6.07) is 14.3. The molecule has 0 aliphatic carbocycles. The molecule has 0 aromatic heterocycles. The van der Waals surface area contributed by atoms with Crippen molar-refractivity contribution in [1.29, 1.82) is 0 Å². The predicted molar refractivity (Wildman–Crippen MR) is 109 cm³/mol. The van der Waals surface area contributed by atoms with Gasteiger partial charge in [0.05, 0.1) is 5.56 Å². The van der Waals surface area contributed by atoms with Crippen LogP contribution in [0.2, 0.25) is 0 Å². The highest BCUT2D eigenvalue weighted by atomic mass is 19.4. The van der Waals surface area contributed by atoms with E-state index in [1.54, 1.807) is 12.1 Å². The van der Waals surface area contributed by atoms with Crippen LogP contribution in [0.4, 0.5) is 13.2 Å². The molecule has 0 saturated heterocycles. The van der Waals surface area contributed by atoms with E-state index in [0.717, 1.165) is 18.5 Å². The van der Waals surface area contributed by atoms with Crippen LogP contribution in [0.15, 0.2) is 48.5 Å². The van der Waals surface area contributed by atoms with Crippen LogP contribution in [-0.2, 0) is 25.7 Å². The first-order valence-electron chi connectivity index (χ1n) is 9.75. The lowest BCUT2D eigenvalue weighted by molar-refractivity contribution is -0.138. The maximum atomic E-state index is 13.4. The van der Waals surface area contributed by atoms with Gasteiger partial charge >= 0.3 is 6.18 Å². The van der Waals surface area contributed by atoms with Crippen molar-refractivity contribution >= 4 is 0 Å². The fourth-order valence-corrected chi connectivity index (χ4v) is 3.32. The van der Waals surface area contributed by atoms with Crippen LogP contribution in [0, 0.1) is 5.92 Å². The van der Waals surface area contributed by atoms with E-state index in [-0.39, 0.29) is 6.54 Å². The van der Waals surface area contributed by atoms with Gasteiger partial charge in [-0.05, 0) is 49.2 Å². The number of halogens is 3. The third kappa shape index (κ3) is 7.28. The molecule has 0 amide bonds. The van der Waals surface area contributed by atoms with Crippen molar-refractivity contribution in [2.75, 3.05) is 27.2 Å². The molecule has 28 heavy (non-hydrogen) atoms. The Morgan fingerprint density at radius 2 is 1.54 bits per heavy atom. The molecule has 0 spiro atoms. The van der Waals surface area contributed by atoms with E-state index in [9.17, 15) is 13.2 Å². The molecule has 154 valence electrons. The Bertz CT molecular complexity index is 739. The highest BCUT2D eigenvalue weighted by molar-refractivity contribution is 5.30. The molecule has 2 nitrogen and oxygen atoms in total. The van der Waals surface area contributed by atoms with Crippen molar-refractivity contribution in [1.82, 2.24) is 9.80 Å². The first kappa shape index (κ1) is 22.4. The van der Waals surface area contributed by atoms with E-state index < -0.39 is 11.7 Å². The highest BCUT2D eigenvalue weighted by Gasteiger charge is 2.33. The van der Waals surface area contributed by atoms with E-state index in [1.807, 2.05) is 20.2 Å². The summed E-state index contributed by atoms with van der Waals surface area (Å²) in [5.41, 5.74) is 2.20. The van der Waals surface area contributed by atoms with E-state index >= 15 is 0 Å². The van der Waals surface area contributed by atoms with Gasteiger partial charge in [0.25, 0.3) is 0 Å². The minimum atomic E-state index is -4.33. The summed E-state index contributed by atoms with van der Waals surface area (Å²) in [5.74, 6) is 0.568. The van der Waals surface area contributed by atoms with Crippen molar-refractivity contribution < 1.29 is 13.2 Å². The summed E-state index contributed by atoms with van der Waals surface area (Å²) in [4.78, 5) is 4.15. The number of nitrogens with zero attached hydrogens (tertiary/aromatic N) is 2. The first-order valence-corrected chi connectivity index (χ1v) is 9.75. The van der Waals surface area contributed by atoms with Crippen LogP contribution in [0.1, 0.15) is 36.1 Å². The van der Waals surface area contributed by atoms with E-state index in [1.165, 1.54) is 17.7 Å². The molecule has 0 fully saturated rings. The zero-order valence-corrected chi connectivity index (χ0v) is 17.3. The molecule has 0 atom stereocenters. The topological polar surface area (TPSA) is 6.48 Å². The summed E-state index contributed by atoms with van der Waals surface area (Å²) in [7, 11) is 3.95. The second kappa shape index (κ2) is 10.1. The van der Waals surface area contributed by atoms with Gasteiger partial charge in [-0.3, -0.25) is 4.90 Å². The van der Waals surface area contributed by atoms with Crippen LogP contribution in [0.25, 0.3) is 0 Å². The van der Waals surface area contributed by atoms with Crippen molar-refractivity contribution in [3.8, 4) is 0 Å². The summed E-state index contributed by atoms with van der Waals surface area (Å²) >= 11 is 0. The van der Waals surface area contributed by atoms with E-state index in [2.05, 4.69) is 41.8 Å². The Kier molecular flexibility index (Phi) is 8.08. The fraction of sp³-hybridized carbons (Fsp3) is 0.478. The van der Waals surface area contributed by atoms with Crippen LogP contribution in [0.3, 0.4) is 0 Å². The van der Waals surface area contributed by atoms with Crippen molar-refractivity contribution in [2.45, 2.75) is 39.5 Å². The second-order valence-electron chi connectivity index (χ2n) is 8.09. The third-order valence-electron chi connectivity index (χ3n) is 4.62. The van der Waals surface area contributed by atoms with Gasteiger partial charge < -0.3 is 4.90 Å². The van der Waals surface area contributed by atoms with Crippen molar-refractivity contribution in [3.63, 3.8) is 0 Å². The number of rotatable bonds is 9. The molecule has 0 aliphatic heterocycles. The van der Waals surface area contributed by atoms with Gasteiger partial charge in [-0.15, -0.1) is 0 Å². The molecule has 0 heterocycles. The summed E-state index contributed by atoms with van der Waals surface area (Å²) < 4.78 is 40.2. The van der Waals surface area contributed by atoms with Gasteiger partial charge in [-0.25, -0.2) is 0 Å². The monoisotopic (exact) mass is 392 g/mol. The molecule has 5 heteroatoms. The number of hydrogen-bond donors (Lipinski definition) is 0. The van der Waals surface area contributed by atoms with Crippen molar-refractivity contribution in [2.24, 2.45) is 5.92 Å². The van der Waals surface area contributed by atoms with Crippen molar-refractivity contribution in [3.05, 3.63) is 70.8 Å². The summed E-state index contributed by atoms with van der Waals surface area (Å²) in [5, 5.41) is 0. The molecule has 0 unspecified atom stereocenters. The Morgan fingerprint density at radius 1 is 0.857 bits per heavy atom. The number of alkyl halides is 3. The largest absolute Gasteiger partial charge is 0.416 e. The van der Waals surface area contributed by atoms with Gasteiger partial charge in [-0.2, -0.15) is 13.2 Å². The maximum Gasteiger partial charge on any atom is 0.416 e. The Morgan fingerprint density at radius 3 is 2.18 bits per heavy atom. The van der Waals surface area contributed by atoms with Crippen LogP contribution < -0.4 is 0 Å². The SMILES string of the molecule is CC(C)Cc1cccc(CN(CCN(C)C)Cc2ccccc2C(F)(F)F)c1. The fourth-order valence-electron chi connectivity index (χ4n) is 3.32. The first-order chi connectivity index (χ1) is 13.1. The Labute approximate surface area is 167 Å². The van der Waals surface area contributed by atoms with Gasteiger partial charge in [0.15, 0.2) is 0 Å². The third-order valence-corrected chi connectivity index (χ3v) is 4.62. The second-order valence-corrected chi connectivity index (χ2v) is 8.09. The number of benzene rings is 2. The van der Waals surface area contributed by atoms with Crippen LogP contribution >= 0.6 is 0 Å². The zero-order chi connectivity index (χ0) is 20.7. The van der Waals surface area contributed by atoms with Crippen LogP contribution in [0.5, 0.6) is 0 Å². The standard InChI is InChI=1S/C23H31F3N2/c1-18(2)14-19-8-7-9-20(15-19)16-28(13-12-27(3)4)17-21-10-5-6-11-22(21)23(24,25)26/h5-11,15,18H,12-14,16-17H2,1-4H3. The lowest BCUT2D eigenvalue weighted by Crippen LogP contribution is -2.31. The van der Waals surface area contributed by atoms with Gasteiger partial charge in [-0.1, -0.05) is 56.3 Å². The molecular formula is C23H31F3N2. The lowest BCUT2D eigenvalue weighted by atomic mass is 10.0. The minimum Gasteiger partial charge on any atom is -0.308 e. The smallest absolute Gasteiger partial charge is 0.308 e. The predicted octanol–water partition coefficient (Wildman–Crippen LogP) is 5.47. The lowest BCUT2D eigenvalue weighted by Gasteiger charge is -2.26. The van der Waals surface area contributed by atoms with E-state index in [0.29, 0.717) is 24.6 Å². The highest BCUT2D eigenvalue weighted by Crippen LogP contribution is 2.32. The van der Waals surface area contributed by atoms with Gasteiger partial charge in [0.1, 0.15) is 0 Å². The molecule has 2 aromatic rings. The van der Waals surface area contributed by atoms with Gasteiger partial charge in [0, 0.05) is 26.2 Å². The molecule has 0 bridgehead atoms. The molecule has 0 saturated carbocycles. The van der Waals surface area contributed by atoms with E-state index in [4.69, 9.17) is 0 Å². The normalized spacial score (nSPS) is 12.4. The van der Waals surface area contributed by atoms with Crippen LogP contribution in [-0.4, -0.2) is 37.0 Å². The molecule has 0 N–H and O–H groups in total. The molecule has 0 radical (unpaired) electrons. The summed E-state index contributed by atoms with van der Waals surface area (Å²) in [6.45, 7) is 6.77. The molecular weight excluding hydrogens is 361 g/mol. The summed E-state index contributed by atoms with van der Waals surface area (Å²) in [6.07, 6.45) is -3.33. The average molecular weight is 393 g/mol. The Hall–Kier alpha value is -1.85. The number of hydrogen-bond acceptors (Lipinski definition) is 2. The molecule has 2 aromatic carbocycles. The Balaban J connectivity index is 2.22. The molecule has 0 aliphatic rings. The average Bonchev–Trinajstić information content (AvgIpc) is 2.59. The molecule has 2 rings (SSSR count). The number of likely N-dealkylation sites (N-methyl/N-ethyl adjacent to an activating group) is 1. The van der Waals surface area contributed by atoms with Gasteiger partial charge in [0.2, 0.25) is 0 Å². The maximum absolute atomic E-state index is 13.4. The minimum absolute atomic E-state index is 0.276.